The molecule has 0 unspecified atom stereocenters. The second-order valence-corrected chi connectivity index (χ2v) is 8.34. The van der Waals surface area contributed by atoms with Gasteiger partial charge in [-0.05, 0) is 31.2 Å². The largest absolute Gasteiger partial charge is 0.353 e. The summed E-state index contributed by atoms with van der Waals surface area (Å²) in [6.07, 6.45) is 3.89. The van der Waals surface area contributed by atoms with Crippen molar-refractivity contribution >= 4 is 50.6 Å². The van der Waals surface area contributed by atoms with Crippen LogP contribution in [0.5, 0.6) is 0 Å². The highest BCUT2D eigenvalue weighted by molar-refractivity contribution is 7.18. The van der Waals surface area contributed by atoms with Gasteiger partial charge in [0.05, 0.1) is 20.2 Å². The number of thiazole rings is 1. The minimum absolute atomic E-state index is 0.554. The number of anilines is 1. The fourth-order valence-electron chi connectivity index (χ4n) is 3.29. The van der Waals surface area contributed by atoms with E-state index in [9.17, 15) is 0 Å². The minimum Gasteiger partial charge on any atom is -0.353 e. The summed E-state index contributed by atoms with van der Waals surface area (Å²) in [5.74, 6) is 0.799. The Labute approximate surface area is 167 Å². The van der Waals surface area contributed by atoms with Gasteiger partial charge in [0.1, 0.15) is 10.8 Å². The van der Waals surface area contributed by atoms with Gasteiger partial charge in [-0.25, -0.2) is 9.97 Å². The molecule has 0 atom stereocenters. The van der Waals surface area contributed by atoms with Gasteiger partial charge in [0, 0.05) is 38.8 Å². The molecule has 4 nitrogen and oxygen atoms in total. The molecule has 4 rings (SSSR count). The van der Waals surface area contributed by atoms with Crippen LogP contribution >= 0.6 is 34.5 Å². The van der Waals surface area contributed by atoms with Gasteiger partial charge in [0.25, 0.3) is 0 Å². The van der Waals surface area contributed by atoms with Crippen LogP contribution < -0.4 is 4.90 Å². The van der Waals surface area contributed by atoms with E-state index >= 15 is 0 Å². The normalized spacial score (nSPS) is 15.7. The van der Waals surface area contributed by atoms with Crippen LogP contribution in [0.3, 0.4) is 0 Å². The Morgan fingerprint density at radius 1 is 1.04 bits per heavy atom. The number of pyridine rings is 1. The number of fused-ring (bicyclic) bond motifs is 1. The molecular weight excluding hydrogens is 387 g/mol. The molecule has 136 valence electrons. The topological polar surface area (TPSA) is 32.3 Å². The Kier molecular flexibility index (Phi) is 5.60. The van der Waals surface area contributed by atoms with Crippen LogP contribution in [0.4, 0.5) is 5.82 Å². The van der Waals surface area contributed by atoms with Crippen LogP contribution in [0, 0.1) is 0 Å². The molecular formula is C19H20Cl2N4S. The molecule has 0 N–H and O–H groups in total. The van der Waals surface area contributed by atoms with E-state index < -0.39 is 0 Å². The highest BCUT2D eigenvalue weighted by Gasteiger charge is 2.20. The quantitative estimate of drug-likeness (QED) is 0.611. The van der Waals surface area contributed by atoms with Crippen LogP contribution in [0.25, 0.3) is 10.2 Å². The highest BCUT2D eigenvalue weighted by atomic mass is 35.5. The van der Waals surface area contributed by atoms with Gasteiger partial charge >= 0.3 is 0 Å². The van der Waals surface area contributed by atoms with Gasteiger partial charge in [-0.1, -0.05) is 35.3 Å². The van der Waals surface area contributed by atoms with Crippen molar-refractivity contribution < 1.29 is 0 Å². The molecule has 1 saturated heterocycles. The fraction of sp³-hybridized carbons (Fsp3) is 0.368. The van der Waals surface area contributed by atoms with Crippen molar-refractivity contribution in [3.63, 3.8) is 0 Å². The number of hydrogen-bond donors (Lipinski definition) is 0. The zero-order chi connectivity index (χ0) is 17.9. The Hall–Kier alpha value is -1.40. The summed E-state index contributed by atoms with van der Waals surface area (Å²) in [6, 6.07) is 10.1. The Morgan fingerprint density at radius 2 is 1.85 bits per heavy atom. The number of rotatable bonds is 5. The first-order valence-electron chi connectivity index (χ1n) is 8.82. The SMILES string of the molecule is Clc1ccnc(N2CCN(CCCc3nc4ccccc4s3)CC2)c1Cl. The summed E-state index contributed by atoms with van der Waals surface area (Å²) < 4.78 is 1.28. The number of halogens is 2. The van der Waals surface area contributed by atoms with Gasteiger partial charge in [0.15, 0.2) is 0 Å². The second-order valence-electron chi connectivity index (χ2n) is 6.44. The second kappa shape index (κ2) is 8.09. The van der Waals surface area contributed by atoms with E-state index in [2.05, 4.69) is 33.0 Å². The third-order valence-electron chi connectivity index (χ3n) is 4.70. The molecule has 3 heterocycles. The molecule has 0 spiro atoms. The summed E-state index contributed by atoms with van der Waals surface area (Å²) in [4.78, 5) is 13.8. The summed E-state index contributed by atoms with van der Waals surface area (Å²) in [5, 5.41) is 2.35. The number of aryl methyl sites for hydroxylation is 1. The molecule has 2 aromatic heterocycles. The monoisotopic (exact) mass is 406 g/mol. The van der Waals surface area contributed by atoms with Crippen molar-refractivity contribution in [3.05, 3.63) is 51.6 Å². The maximum atomic E-state index is 6.29. The van der Waals surface area contributed by atoms with Crippen molar-refractivity contribution in [2.45, 2.75) is 12.8 Å². The van der Waals surface area contributed by atoms with Gasteiger partial charge < -0.3 is 4.90 Å². The third-order valence-corrected chi connectivity index (χ3v) is 6.58. The van der Waals surface area contributed by atoms with E-state index in [1.807, 2.05) is 17.4 Å². The van der Waals surface area contributed by atoms with Crippen molar-refractivity contribution in [2.24, 2.45) is 0 Å². The van der Waals surface area contributed by atoms with Crippen molar-refractivity contribution in [3.8, 4) is 0 Å². The van der Waals surface area contributed by atoms with E-state index in [4.69, 9.17) is 28.2 Å². The molecule has 7 heteroatoms. The summed E-state index contributed by atoms with van der Waals surface area (Å²) >= 11 is 14.2. The van der Waals surface area contributed by atoms with Crippen molar-refractivity contribution in [1.29, 1.82) is 0 Å². The zero-order valence-corrected chi connectivity index (χ0v) is 16.7. The number of piperazine rings is 1. The lowest BCUT2D eigenvalue weighted by Crippen LogP contribution is -2.47. The molecule has 1 aromatic carbocycles. The average Bonchev–Trinajstić information content (AvgIpc) is 3.07. The zero-order valence-electron chi connectivity index (χ0n) is 14.4. The molecule has 0 aliphatic carbocycles. The summed E-state index contributed by atoms with van der Waals surface area (Å²) in [5.41, 5.74) is 1.12. The first kappa shape index (κ1) is 18.0. The lowest BCUT2D eigenvalue weighted by Gasteiger charge is -2.35. The minimum atomic E-state index is 0.554. The van der Waals surface area contributed by atoms with Crippen LogP contribution in [-0.2, 0) is 6.42 Å². The lowest BCUT2D eigenvalue weighted by atomic mass is 10.2. The number of benzene rings is 1. The maximum absolute atomic E-state index is 6.29. The Balaban J connectivity index is 1.27. The van der Waals surface area contributed by atoms with Gasteiger partial charge in [0.2, 0.25) is 0 Å². The Bertz CT molecular complexity index is 857. The smallest absolute Gasteiger partial charge is 0.148 e. The molecule has 26 heavy (non-hydrogen) atoms. The third kappa shape index (κ3) is 3.96. The molecule has 0 radical (unpaired) electrons. The number of nitrogens with zero attached hydrogens (tertiary/aromatic N) is 4. The van der Waals surface area contributed by atoms with Crippen LogP contribution in [0.1, 0.15) is 11.4 Å². The molecule has 0 bridgehead atoms. The first-order chi connectivity index (χ1) is 12.7. The van der Waals surface area contributed by atoms with Crippen LogP contribution in [0.15, 0.2) is 36.5 Å². The fourth-order valence-corrected chi connectivity index (χ4v) is 4.68. The number of aromatic nitrogens is 2. The van der Waals surface area contributed by atoms with Gasteiger partial charge in [-0.3, -0.25) is 4.90 Å². The van der Waals surface area contributed by atoms with Gasteiger partial charge in [-0.15, -0.1) is 11.3 Å². The van der Waals surface area contributed by atoms with Crippen LogP contribution in [-0.4, -0.2) is 47.6 Å². The molecule has 1 aliphatic rings. The van der Waals surface area contributed by atoms with E-state index in [-0.39, 0.29) is 0 Å². The molecule has 3 aromatic rings. The molecule has 1 aliphatic heterocycles. The van der Waals surface area contributed by atoms with Crippen molar-refractivity contribution in [1.82, 2.24) is 14.9 Å². The summed E-state index contributed by atoms with van der Waals surface area (Å²) in [7, 11) is 0. The number of hydrogen-bond acceptors (Lipinski definition) is 5. The standard InChI is InChI=1S/C19H20Cl2N4S/c20-14-7-8-22-19(18(14)21)25-12-10-24(11-13-25)9-3-6-17-23-15-4-1-2-5-16(15)26-17/h1-2,4-5,7-8H,3,6,9-13H2. The predicted molar refractivity (Wildman–Crippen MR) is 111 cm³/mol. The molecule has 0 saturated carbocycles. The lowest BCUT2D eigenvalue weighted by molar-refractivity contribution is 0.254. The van der Waals surface area contributed by atoms with E-state index in [0.717, 1.165) is 56.9 Å². The maximum Gasteiger partial charge on any atom is 0.148 e. The first-order valence-corrected chi connectivity index (χ1v) is 10.4. The highest BCUT2D eigenvalue weighted by Crippen LogP contribution is 2.30. The van der Waals surface area contributed by atoms with Crippen LogP contribution in [0.2, 0.25) is 10.0 Å². The molecule has 1 fully saturated rings. The van der Waals surface area contributed by atoms with E-state index in [0.29, 0.717) is 10.0 Å². The average molecular weight is 407 g/mol. The van der Waals surface area contributed by atoms with Crippen molar-refractivity contribution in [2.75, 3.05) is 37.6 Å². The van der Waals surface area contributed by atoms with E-state index in [1.165, 1.54) is 9.71 Å². The number of para-hydroxylation sites is 1. The van der Waals surface area contributed by atoms with E-state index in [1.54, 1.807) is 12.3 Å². The van der Waals surface area contributed by atoms with Gasteiger partial charge in [-0.2, -0.15) is 0 Å². The predicted octanol–water partition coefficient (Wildman–Crippen LogP) is 4.75. The molecule has 0 amide bonds. The summed E-state index contributed by atoms with van der Waals surface area (Å²) in [6.45, 7) is 4.98. The Morgan fingerprint density at radius 3 is 2.65 bits per heavy atom.